The lowest BCUT2D eigenvalue weighted by molar-refractivity contribution is 0.243. The lowest BCUT2D eigenvalue weighted by Crippen LogP contribution is -2.47. The third-order valence-corrected chi connectivity index (χ3v) is 3.56. The van der Waals surface area contributed by atoms with Gasteiger partial charge in [0.05, 0.1) is 12.4 Å². The van der Waals surface area contributed by atoms with Crippen molar-refractivity contribution in [1.29, 1.82) is 0 Å². The molecule has 0 unspecified atom stereocenters. The minimum Gasteiger partial charge on any atom is -0.361 e. The fourth-order valence-electron chi connectivity index (χ4n) is 1.99. The Hall–Kier alpha value is -0.580. The highest BCUT2D eigenvalue weighted by molar-refractivity contribution is 9.10. The van der Waals surface area contributed by atoms with Crippen LogP contribution in [0.25, 0.3) is 0 Å². The van der Waals surface area contributed by atoms with Crippen LogP contribution < -0.4 is 10.2 Å². The molecule has 1 aromatic carbocycles. The van der Waals surface area contributed by atoms with E-state index in [1.54, 1.807) is 0 Å². The van der Waals surface area contributed by atoms with E-state index in [1.807, 2.05) is 6.07 Å². The minimum absolute atomic E-state index is 0.990. The molecule has 0 spiro atoms. The van der Waals surface area contributed by atoms with Crippen molar-refractivity contribution >= 4 is 21.6 Å². The van der Waals surface area contributed by atoms with Crippen molar-refractivity contribution in [2.45, 2.75) is 0 Å². The van der Waals surface area contributed by atoms with Gasteiger partial charge in [0.25, 0.3) is 0 Å². The van der Waals surface area contributed by atoms with Crippen molar-refractivity contribution in [3.05, 3.63) is 28.7 Å². The number of piperazine rings is 1. The van der Waals surface area contributed by atoms with Crippen LogP contribution in [-0.4, -0.2) is 44.8 Å². The molecule has 3 nitrogen and oxygen atoms in total. The summed E-state index contributed by atoms with van der Waals surface area (Å²) >= 11 is 3.59. The van der Waals surface area contributed by atoms with E-state index in [0.717, 1.165) is 37.3 Å². The number of hydrogen-bond donors (Lipinski definition) is 1. The van der Waals surface area contributed by atoms with Crippen molar-refractivity contribution < 1.29 is 0 Å². The maximum Gasteiger partial charge on any atom is 0.0705 e. The van der Waals surface area contributed by atoms with Crippen molar-refractivity contribution in [1.82, 2.24) is 10.2 Å². The number of benzene rings is 1. The molecule has 1 N–H and O–H groups in total. The van der Waals surface area contributed by atoms with Crippen LogP contribution in [-0.2, 0) is 0 Å². The standard InChI is InChI=1S/C12H18BrN3/c1-15(10-16-8-6-14-7-9-16)12-5-3-2-4-11(12)13/h2-5,14H,6-10H2,1H3. The van der Waals surface area contributed by atoms with Crippen LogP contribution >= 0.6 is 15.9 Å². The van der Waals surface area contributed by atoms with Crippen LogP contribution in [0.5, 0.6) is 0 Å². The summed E-state index contributed by atoms with van der Waals surface area (Å²) < 4.78 is 1.16. The summed E-state index contributed by atoms with van der Waals surface area (Å²) in [6, 6.07) is 8.36. The number of hydrogen-bond acceptors (Lipinski definition) is 3. The number of rotatable bonds is 3. The molecule has 16 heavy (non-hydrogen) atoms. The van der Waals surface area contributed by atoms with Gasteiger partial charge in [0.2, 0.25) is 0 Å². The molecule has 1 heterocycles. The molecule has 1 aliphatic heterocycles. The number of anilines is 1. The van der Waals surface area contributed by atoms with Crippen molar-refractivity contribution in [2.24, 2.45) is 0 Å². The molecule has 0 aromatic heterocycles. The first-order chi connectivity index (χ1) is 7.77. The number of nitrogens with zero attached hydrogens (tertiary/aromatic N) is 2. The second-order valence-corrected chi connectivity index (χ2v) is 5.01. The fourth-order valence-corrected chi connectivity index (χ4v) is 2.58. The van der Waals surface area contributed by atoms with E-state index in [9.17, 15) is 0 Å². The van der Waals surface area contributed by atoms with Crippen LogP contribution in [0.2, 0.25) is 0 Å². The van der Waals surface area contributed by atoms with Crippen LogP contribution in [0.3, 0.4) is 0 Å². The van der Waals surface area contributed by atoms with Gasteiger partial charge in [0, 0.05) is 37.7 Å². The number of nitrogens with one attached hydrogen (secondary N) is 1. The molecule has 2 rings (SSSR count). The van der Waals surface area contributed by atoms with E-state index >= 15 is 0 Å². The quantitative estimate of drug-likeness (QED) is 0.912. The Balaban J connectivity index is 1.96. The number of para-hydroxylation sites is 1. The highest BCUT2D eigenvalue weighted by Crippen LogP contribution is 2.24. The summed E-state index contributed by atoms with van der Waals surface area (Å²) in [7, 11) is 2.14. The monoisotopic (exact) mass is 283 g/mol. The summed E-state index contributed by atoms with van der Waals surface area (Å²) in [4.78, 5) is 4.76. The van der Waals surface area contributed by atoms with Crippen molar-refractivity contribution in [3.63, 3.8) is 0 Å². The van der Waals surface area contributed by atoms with Gasteiger partial charge in [-0.2, -0.15) is 0 Å². The van der Waals surface area contributed by atoms with E-state index in [-0.39, 0.29) is 0 Å². The summed E-state index contributed by atoms with van der Waals surface area (Å²) in [5, 5.41) is 3.37. The van der Waals surface area contributed by atoms with Gasteiger partial charge in [-0.25, -0.2) is 0 Å². The molecular weight excluding hydrogens is 266 g/mol. The molecule has 1 saturated heterocycles. The summed E-state index contributed by atoms with van der Waals surface area (Å²) in [5.41, 5.74) is 1.25. The first-order valence-corrected chi connectivity index (χ1v) is 6.45. The molecular formula is C12H18BrN3. The van der Waals surface area contributed by atoms with E-state index in [2.05, 4.69) is 56.3 Å². The average Bonchev–Trinajstić information content (AvgIpc) is 2.31. The Labute approximate surface area is 106 Å². The van der Waals surface area contributed by atoms with E-state index in [1.165, 1.54) is 5.69 Å². The Morgan fingerprint density at radius 2 is 2.00 bits per heavy atom. The largest absolute Gasteiger partial charge is 0.361 e. The molecule has 0 bridgehead atoms. The summed E-state index contributed by atoms with van der Waals surface area (Å²) in [5.74, 6) is 0. The molecule has 0 saturated carbocycles. The van der Waals surface area contributed by atoms with E-state index in [0.29, 0.717) is 0 Å². The van der Waals surface area contributed by atoms with Crippen LogP contribution in [0.15, 0.2) is 28.7 Å². The molecule has 1 aliphatic rings. The zero-order valence-corrected chi connectivity index (χ0v) is 11.2. The van der Waals surface area contributed by atoms with Crippen LogP contribution in [0, 0.1) is 0 Å². The Kier molecular flexibility index (Phi) is 4.21. The predicted molar refractivity (Wildman–Crippen MR) is 71.9 cm³/mol. The lowest BCUT2D eigenvalue weighted by Gasteiger charge is -2.32. The third kappa shape index (κ3) is 2.97. The van der Waals surface area contributed by atoms with Gasteiger partial charge in [-0.05, 0) is 28.1 Å². The molecule has 1 fully saturated rings. The molecule has 4 heteroatoms. The van der Waals surface area contributed by atoms with Gasteiger partial charge in [0.1, 0.15) is 0 Å². The summed E-state index contributed by atoms with van der Waals surface area (Å²) in [6.45, 7) is 5.46. The second-order valence-electron chi connectivity index (χ2n) is 4.16. The van der Waals surface area contributed by atoms with Crippen LogP contribution in [0.4, 0.5) is 5.69 Å². The van der Waals surface area contributed by atoms with Gasteiger partial charge < -0.3 is 10.2 Å². The average molecular weight is 284 g/mol. The molecule has 1 aromatic rings. The zero-order chi connectivity index (χ0) is 11.4. The minimum atomic E-state index is 0.990. The zero-order valence-electron chi connectivity index (χ0n) is 9.62. The highest BCUT2D eigenvalue weighted by Gasteiger charge is 2.12. The molecule has 0 amide bonds. The first-order valence-electron chi connectivity index (χ1n) is 5.66. The molecule has 0 aliphatic carbocycles. The smallest absolute Gasteiger partial charge is 0.0705 e. The Morgan fingerprint density at radius 1 is 1.31 bits per heavy atom. The molecule has 88 valence electrons. The van der Waals surface area contributed by atoms with Crippen molar-refractivity contribution in [3.8, 4) is 0 Å². The predicted octanol–water partition coefficient (Wildman–Crippen LogP) is 1.75. The Bertz CT molecular complexity index is 337. The SMILES string of the molecule is CN(CN1CCNCC1)c1ccccc1Br. The molecule has 0 radical (unpaired) electrons. The number of halogens is 1. The van der Waals surface area contributed by atoms with E-state index < -0.39 is 0 Å². The van der Waals surface area contributed by atoms with Gasteiger partial charge in [-0.15, -0.1) is 0 Å². The fraction of sp³-hybridized carbons (Fsp3) is 0.500. The first kappa shape index (κ1) is 11.9. The molecule has 0 atom stereocenters. The van der Waals surface area contributed by atoms with Crippen LogP contribution in [0.1, 0.15) is 0 Å². The third-order valence-electron chi connectivity index (χ3n) is 2.89. The second kappa shape index (κ2) is 5.66. The maximum absolute atomic E-state index is 3.59. The normalized spacial score (nSPS) is 17.4. The maximum atomic E-state index is 3.59. The van der Waals surface area contributed by atoms with Crippen molar-refractivity contribution in [2.75, 3.05) is 44.8 Å². The van der Waals surface area contributed by atoms with Gasteiger partial charge in [-0.3, -0.25) is 4.90 Å². The van der Waals surface area contributed by atoms with Gasteiger partial charge in [0.15, 0.2) is 0 Å². The topological polar surface area (TPSA) is 18.5 Å². The van der Waals surface area contributed by atoms with Gasteiger partial charge >= 0.3 is 0 Å². The summed E-state index contributed by atoms with van der Waals surface area (Å²) in [6.07, 6.45) is 0. The van der Waals surface area contributed by atoms with Gasteiger partial charge in [-0.1, -0.05) is 12.1 Å². The lowest BCUT2D eigenvalue weighted by atomic mass is 10.3. The Morgan fingerprint density at radius 3 is 2.69 bits per heavy atom. The van der Waals surface area contributed by atoms with E-state index in [4.69, 9.17) is 0 Å². The highest BCUT2D eigenvalue weighted by atomic mass is 79.9.